The van der Waals surface area contributed by atoms with Crippen molar-refractivity contribution in [1.29, 1.82) is 0 Å². The molecule has 5 heteroatoms. The van der Waals surface area contributed by atoms with Crippen LogP contribution >= 0.6 is 0 Å². The minimum Gasteiger partial charge on any atom is -0.355 e. The van der Waals surface area contributed by atoms with Gasteiger partial charge in [-0.05, 0) is 37.9 Å². The smallest absolute Gasteiger partial charge is 0.156 e. The third-order valence-corrected chi connectivity index (χ3v) is 4.19. The number of hydrogen-bond acceptors (Lipinski definition) is 4. The van der Waals surface area contributed by atoms with Crippen molar-refractivity contribution >= 4 is 5.82 Å². The van der Waals surface area contributed by atoms with E-state index >= 15 is 0 Å². The summed E-state index contributed by atoms with van der Waals surface area (Å²) in [5.41, 5.74) is 3.32. The number of aryl methyl sites for hydroxylation is 2. The second kappa shape index (κ2) is 6.92. The van der Waals surface area contributed by atoms with Crippen LogP contribution in [-0.2, 0) is 12.8 Å². The number of imidazole rings is 1. The molecule has 0 aromatic carbocycles. The van der Waals surface area contributed by atoms with Gasteiger partial charge in [-0.1, -0.05) is 19.9 Å². The molecule has 5 nitrogen and oxygen atoms in total. The maximum Gasteiger partial charge on any atom is 0.156 e. The zero-order valence-electron chi connectivity index (χ0n) is 13.5. The van der Waals surface area contributed by atoms with E-state index in [-0.39, 0.29) is 0 Å². The van der Waals surface area contributed by atoms with E-state index in [4.69, 9.17) is 9.97 Å². The third kappa shape index (κ3) is 3.14. The Morgan fingerprint density at radius 1 is 1.09 bits per heavy atom. The lowest BCUT2D eigenvalue weighted by Gasteiger charge is -2.21. The summed E-state index contributed by atoms with van der Waals surface area (Å²) in [6, 6.07) is 6.21. The zero-order chi connectivity index (χ0) is 15.4. The van der Waals surface area contributed by atoms with Crippen LogP contribution in [0, 0.1) is 0 Å². The molecule has 3 rings (SSSR count). The number of H-pyrrole nitrogens is 1. The van der Waals surface area contributed by atoms with Crippen molar-refractivity contribution in [3.8, 4) is 11.5 Å². The number of pyridine rings is 1. The van der Waals surface area contributed by atoms with Crippen LogP contribution < -0.4 is 10.2 Å². The minimum atomic E-state index is 0.892. The van der Waals surface area contributed by atoms with Gasteiger partial charge in [0.25, 0.3) is 0 Å². The normalized spacial score (nSPS) is 15.8. The Morgan fingerprint density at radius 2 is 2.00 bits per heavy atom. The molecule has 2 N–H and O–H groups in total. The van der Waals surface area contributed by atoms with Crippen LogP contribution in [0.4, 0.5) is 5.82 Å². The Morgan fingerprint density at radius 3 is 2.77 bits per heavy atom. The second-order valence-electron chi connectivity index (χ2n) is 5.69. The van der Waals surface area contributed by atoms with Crippen molar-refractivity contribution in [1.82, 2.24) is 20.3 Å². The standard InChI is InChI=1S/C17H25N5/c1-3-13-14(4-2)21-17(20-13)15-7-5-8-16(19-15)22-11-6-9-18-10-12-22/h5,7-8,18H,3-4,6,9-12H2,1-2H3,(H,20,21). The molecular formula is C17H25N5. The Balaban J connectivity index is 1.88. The van der Waals surface area contributed by atoms with E-state index in [0.717, 1.165) is 68.5 Å². The largest absolute Gasteiger partial charge is 0.355 e. The summed E-state index contributed by atoms with van der Waals surface area (Å²) >= 11 is 0. The van der Waals surface area contributed by atoms with Crippen molar-refractivity contribution in [3.63, 3.8) is 0 Å². The number of rotatable bonds is 4. The van der Waals surface area contributed by atoms with E-state index in [1.807, 2.05) is 6.07 Å². The molecule has 2 aromatic rings. The predicted molar refractivity (Wildman–Crippen MR) is 90.3 cm³/mol. The van der Waals surface area contributed by atoms with E-state index in [1.165, 1.54) is 5.69 Å². The lowest BCUT2D eigenvalue weighted by Crippen LogP contribution is -2.28. The number of nitrogens with one attached hydrogen (secondary N) is 2. The molecule has 1 fully saturated rings. The first kappa shape index (κ1) is 15.0. The Labute approximate surface area is 132 Å². The van der Waals surface area contributed by atoms with Crippen molar-refractivity contribution in [2.75, 3.05) is 31.1 Å². The van der Waals surface area contributed by atoms with Crippen LogP contribution in [0.1, 0.15) is 31.7 Å². The first-order chi connectivity index (χ1) is 10.8. The first-order valence-electron chi connectivity index (χ1n) is 8.32. The average Bonchev–Trinajstić information content (AvgIpc) is 2.80. The first-order valence-corrected chi connectivity index (χ1v) is 8.32. The molecule has 22 heavy (non-hydrogen) atoms. The minimum absolute atomic E-state index is 0.892. The molecule has 1 aliphatic heterocycles. The van der Waals surface area contributed by atoms with Gasteiger partial charge in [0, 0.05) is 25.3 Å². The highest BCUT2D eigenvalue weighted by Gasteiger charge is 2.14. The van der Waals surface area contributed by atoms with E-state index in [2.05, 4.69) is 41.2 Å². The quantitative estimate of drug-likeness (QED) is 0.910. The Bertz CT molecular complexity index is 590. The van der Waals surface area contributed by atoms with Gasteiger partial charge in [-0.25, -0.2) is 9.97 Å². The zero-order valence-corrected chi connectivity index (χ0v) is 13.5. The van der Waals surface area contributed by atoms with E-state index in [1.54, 1.807) is 0 Å². The highest BCUT2D eigenvalue weighted by atomic mass is 15.2. The van der Waals surface area contributed by atoms with Crippen LogP contribution in [0.3, 0.4) is 0 Å². The summed E-state index contributed by atoms with van der Waals surface area (Å²) in [4.78, 5) is 15.4. The van der Waals surface area contributed by atoms with Crippen molar-refractivity contribution in [2.45, 2.75) is 33.1 Å². The van der Waals surface area contributed by atoms with Gasteiger partial charge >= 0.3 is 0 Å². The molecule has 0 radical (unpaired) electrons. The number of aromatic nitrogens is 3. The van der Waals surface area contributed by atoms with Crippen LogP contribution in [-0.4, -0.2) is 41.1 Å². The molecule has 0 aliphatic carbocycles. The van der Waals surface area contributed by atoms with Crippen LogP contribution in [0.2, 0.25) is 0 Å². The molecular weight excluding hydrogens is 274 g/mol. The summed E-state index contributed by atoms with van der Waals surface area (Å²) in [5.74, 6) is 1.94. The van der Waals surface area contributed by atoms with Crippen molar-refractivity contribution in [3.05, 3.63) is 29.6 Å². The fourth-order valence-electron chi connectivity index (χ4n) is 2.96. The lowest BCUT2D eigenvalue weighted by atomic mass is 10.2. The summed E-state index contributed by atoms with van der Waals surface area (Å²) in [5, 5.41) is 3.43. The summed E-state index contributed by atoms with van der Waals surface area (Å²) in [7, 11) is 0. The molecule has 0 amide bonds. The number of aromatic amines is 1. The van der Waals surface area contributed by atoms with Gasteiger partial charge in [0.05, 0.1) is 5.69 Å². The lowest BCUT2D eigenvalue weighted by molar-refractivity contribution is 0.724. The summed E-state index contributed by atoms with van der Waals surface area (Å²) in [6.45, 7) is 8.48. The number of anilines is 1. The average molecular weight is 299 g/mol. The molecule has 0 unspecified atom stereocenters. The van der Waals surface area contributed by atoms with Crippen molar-refractivity contribution in [2.24, 2.45) is 0 Å². The molecule has 0 saturated carbocycles. The van der Waals surface area contributed by atoms with Crippen molar-refractivity contribution < 1.29 is 0 Å². The van der Waals surface area contributed by atoms with Gasteiger partial charge in [-0.3, -0.25) is 0 Å². The SMILES string of the molecule is CCc1nc(-c2cccc(N3CCCNCC3)n2)[nH]c1CC. The fourth-order valence-corrected chi connectivity index (χ4v) is 2.96. The molecule has 118 valence electrons. The molecule has 0 atom stereocenters. The van der Waals surface area contributed by atoms with Crippen LogP contribution in [0.25, 0.3) is 11.5 Å². The van der Waals surface area contributed by atoms with Crippen LogP contribution in [0.15, 0.2) is 18.2 Å². The van der Waals surface area contributed by atoms with Gasteiger partial charge in [0.1, 0.15) is 11.5 Å². The molecule has 3 heterocycles. The summed E-state index contributed by atoms with van der Waals surface area (Å²) in [6.07, 6.45) is 3.09. The Kier molecular flexibility index (Phi) is 4.73. The van der Waals surface area contributed by atoms with E-state index in [9.17, 15) is 0 Å². The topological polar surface area (TPSA) is 56.8 Å². The predicted octanol–water partition coefficient (Wildman–Crippen LogP) is 2.40. The molecule has 2 aromatic heterocycles. The highest BCUT2D eigenvalue weighted by molar-refractivity contribution is 5.55. The highest BCUT2D eigenvalue weighted by Crippen LogP contribution is 2.21. The molecule has 1 aliphatic rings. The third-order valence-electron chi connectivity index (χ3n) is 4.19. The number of hydrogen-bond donors (Lipinski definition) is 2. The molecule has 0 bridgehead atoms. The van der Waals surface area contributed by atoms with Gasteiger partial charge in [-0.15, -0.1) is 0 Å². The maximum absolute atomic E-state index is 4.84. The molecule has 1 saturated heterocycles. The monoisotopic (exact) mass is 299 g/mol. The number of nitrogens with zero attached hydrogens (tertiary/aromatic N) is 3. The van der Waals surface area contributed by atoms with Gasteiger partial charge in [0.15, 0.2) is 5.82 Å². The van der Waals surface area contributed by atoms with E-state index in [0.29, 0.717) is 0 Å². The van der Waals surface area contributed by atoms with Gasteiger partial charge in [-0.2, -0.15) is 0 Å². The summed E-state index contributed by atoms with van der Waals surface area (Å²) < 4.78 is 0. The Hall–Kier alpha value is -1.88. The second-order valence-corrected chi connectivity index (χ2v) is 5.69. The van der Waals surface area contributed by atoms with Gasteiger partial charge < -0.3 is 15.2 Å². The molecule has 0 spiro atoms. The van der Waals surface area contributed by atoms with Gasteiger partial charge in [0.2, 0.25) is 0 Å². The van der Waals surface area contributed by atoms with Crippen LogP contribution in [0.5, 0.6) is 0 Å². The fraction of sp³-hybridized carbons (Fsp3) is 0.529. The maximum atomic E-state index is 4.84. The van der Waals surface area contributed by atoms with E-state index < -0.39 is 0 Å².